The van der Waals surface area contributed by atoms with Gasteiger partial charge in [0.15, 0.2) is 0 Å². The summed E-state index contributed by atoms with van der Waals surface area (Å²) in [5.41, 5.74) is 1.39. The number of nitrogens with one attached hydrogen (secondary N) is 1. The van der Waals surface area contributed by atoms with Crippen LogP contribution in [0.2, 0.25) is 5.02 Å². The summed E-state index contributed by atoms with van der Waals surface area (Å²) in [7, 11) is 0. The van der Waals surface area contributed by atoms with Gasteiger partial charge in [0.2, 0.25) is 0 Å². The van der Waals surface area contributed by atoms with Gasteiger partial charge in [0.05, 0.1) is 16.6 Å². The quantitative estimate of drug-likeness (QED) is 0.877. The van der Waals surface area contributed by atoms with Crippen LogP contribution in [0.15, 0.2) is 48.5 Å². The number of carbonyl (C=O) groups is 1. The van der Waals surface area contributed by atoms with Crippen LogP contribution in [0.4, 0.5) is 4.39 Å². The average molecular weight is 318 g/mol. The van der Waals surface area contributed by atoms with Crippen LogP contribution >= 0.6 is 11.6 Å². The lowest BCUT2D eigenvalue weighted by Gasteiger charge is -2.20. The predicted octanol–water partition coefficient (Wildman–Crippen LogP) is 4.61. The van der Waals surface area contributed by atoms with Crippen molar-refractivity contribution in [3.8, 4) is 0 Å². The summed E-state index contributed by atoms with van der Waals surface area (Å²) in [6, 6.07) is 13.7. The van der Waals surface area contributed by atoms with Crippen LogP contribution in [-0.2, 0) is 0 Å². The van der Waals surface area contributed by atoms with Crippen molar-refractivity contribution in [2.24, 2.45) is 11.8 Å². The van der Waals surface area contributed by atoms with E-state index in [0.29, 0.717) is 17.4 Å². The maximum atomic E-state index is 13.1. The number of halogens is 2. The van der Waals surface area contributed by atoms with E-state index in [4.69, 9.17) is 11.6 Å². The molecule has 2 nitrogen and oxygen atoms in total. The van der Waals surface area contributed by atoms with Crippen LogP contribution in [0.1, 0.15) is 35.3 Å². The van der Waals surface area contributed by atoms with Crippen LogP contribution in [0.25, 0.3) is 0 Å². The third kappa shape index (κ3) is 3.14. The van der Waals surface area contributed by atoms with E-state index in [9.17, 15) is 9.18 Å². The van der Waals surface area contributed by atoms with Crippen molar-refractivity contribution in [3.63, 3.8) is 0 Å². The van der Waals surface area contributed by atoms with Crippen LogP contribution in [0.3, 0.4) is 0 Å². The molecule has 4 heteroatoms. The Balaban J connectivity index is 1.83. The first-order valence-corrected chi connectivity index (χ1v) is 7.75. The summed E-state index contributed by atoms with van der Waals surface area (Å²) >= 11 is 5.98. The van der Waals surface area contributed by atoms with Crippen molar-refractivity contribution in [1.82, 2.24) is 5.32 Å². The highest BCUT2D eigenvalue weighted by atomic mass is 35.5. The third-order valence-corrected chi connectivity index (χ3v) is 4.53. The van der Waals surface area contributed by atoms with Gasteiger partial charge < -0.3 is 5.32 Å². The molecule has 0 radical (unpaired) electrons. The summed E-state index contributed by atoms with van der Waals surface area (Å²) in [5, 5.41) is 3.19. The molecule has 1 aliphatic carbocycles. The molecule has 0 saturated heterocycles. The van der Waals surface area contributed by atoms with Gasteiger partial charge in [0.25, 0.3) is 5.91 Å². The predicted molar refractivity (Wildman–Crippen MR) is 85.3 cm³/mol. The summed E-state index contributed by atoms with van der Waals surface area (Å²) < 4.78 is 13.1. The molecule has 2 aromatic rings. The van der Waals surface area contributed by atoms with E-state index >= 15 is 0 Å². The van der Waals surface area contributed by atoms with Gasteiger partial charge in [-0.05, 0) is 42.0 Å². The van der Waals surface area contributed by atoms with Crippen molar-refractivity contribution in [2.45, 2.75) is 19.4 Å². The number of amides is 1. The largest absolute Gasteiger partial charge is 0.345 e. The Morgan fingerprint density at radius 3 is 2.55 bits per heavy atom. The molecule has 3 atom stereocenters. The molecular formula is C18H17ClFNO. The number of hydrogen-bond acceptors (Lipinski definition) is 1. The molecule has 22 heavy (non-hydrogen) atoms. The van der Waals surface area contributed by atoms with E-state index in [2.05, 4.69) is 12.2 Å². The second-order valence-electron chi connectivity index (χ2n) is 5.86. The van der Waals surface area contributed by atoms with E-state index in [0.717, 1.165) is 18.1 Å². The Labute approximate surface area is 134 Å². The summed E-state index contributed by atoms with van der Waals surface area (Å²) in [6.45, 7) is 2.18. The zero-order valence-corrected chi connectivity index (χ0v) is 13.0. The van der Waals surface area contributed by atoms with Gasteiger partial charge in [-0.15, -0.1) is 0 Å². The molecule has 1 aliphatic rings. The SMILES string of the molecule is CC1CC1C(NC(=O)c1ccc(F)cc1Cl)c1ccccc1. The average Bonchev–Trinajstić information content (AvgIpc) is 3.22. The monoisotopic (exact) mass is 317 g/mol. The molecule has 1 saturated carbocycles. The molecule has 114 valence electrons. The fourth-order valence-corrected chi connectivity index (χ4v) is 3.06. The fraction of sp³-hybridized carbons (Fsp3) is 0.278. The Hall–Kier alpha value is -1.87. The maximum absolute atomic E-state index is 13.1. The molecule has 2 aromatic carbocycles. The minimum atomic E-state index is -0.447. The van der Waals surface area contributed by atoms with Gasteiger partial charge in [0, 0.05) is 0 Å². The molecule has 0 heterocycles. The lowest BCUT2D eigenvalue weighted by atomic mass is 10.0. The molecule has 3 unspecified atom stereocenters. The molecule has 0 aromatic heterocycles. The Morgan fingerprint density at radius 2 is 1.95 bits per heavy atom. The van der Waals surface area contributed by atoms with Gasteiger partial charge in [-0.3, -0.25) is 4.79 Å². The number of benzene rings is 2. The first kappa shape index (κ1) is 15.0. The summed E-state index contributed by atoms with van der Waals surface area (Å²) in [4.78, 5) is 12.5. The standard InChI is InChI=1S/C18H17ClFNO/c1-11-9-15(11)17(12-5-3-2-4-6-12)21-18(22)14-8-7-13(20)10-16(14)19/h2-8,10-11,15,17H,9H2,1H3,(H,21,22). The van der Waals surface area contributed by atoms with Crippen LogP contribution in [0, 0.1) is 17.7 Å². The molecule has 0 bridgehead atoms. The zero-order valence-electron chi connectivity index (χ0n) is 12.2. The minimum Gasteiger partial charge on any atom is -0.345 e. The topological polar surface area (TPSA) is 29.1 Å². The highest BCUT2D eigenvalue weighted by molar-refractivity contribution is 6.33. The van der Waals surface area contributed by atoms with Crippen molar-refractivity contribution in [2.75, 3.05) is 0 Å². The van der Waals surface area contributed by atoms with Gasteiger partial charge in [0.1, 0.15) is 5.82 Å². The van der Waals surface area contributed by atoms with Crippen LogP contribution < -0.4 is 5.32 Å². The van der Waals surface area contributed by atoms with E-state index < -0.39 is 5.82 Å². The normalized spacial score (nSPS) is 21.2. The van der Waals surface area contributed by atoms with Crippen molar-refractivity contribution >= 4 is 17.5 Å². The minimum absolute atomic E-state index is 0.0372. The van der Waals surface area contributed by atoms with Crippen molar-refractivity contribution in [1.29, 1.82) is 0 Å². The van der Waals surface area contributed by atoms with Crippen LogP contribution in [-0.4, -0.2) is 5.91 Å². The molecular weight excluding hydrogens is 301 g/mol. The highest BCUT2D eigenvalue weighted by Gasteiger charge is 2.41. The molecule has 0 aliphatic heterocycles. The first-order valence-electron chi connectivity index (χ1n) is 7.37. The molecule has 1 N–H and O–H groups in total. The zero-order chi connectivity index (χ0) is 15.7. The number of rotatable bonds is 4. The molecule has 1 amide bonds. The Kier molecular flexibility index (Phi) is 4.16. The van der Waals surface area contributed by atoms with Crippen LogP contribution in [0.5, 0.6) is 0 Å². The van der Waals surface area contributed by atoms with E-state index in [-0.39, 0.29) is 17.0 Å². The van der Waals surface area contributed by atoms with E-state index in [1.54, 1.807) is 0 Å². The summed E-state index contributed by atoms with van der Waals surface area (Å²) in [5.74, 6) is 0.315. The van der Waals surface area contributed by atoms with Gasteiger partial charge in [-0.1, -0.05) is 48.9 Å². The van der Waals surface area contributed by atoms with Gasteiger partial charge >= 0.3 is 0 Å². The Bertz CT molecular complexity index is 689. The first-order chi connectivity index (χ1) is 10.6. The fourth-order valence-electron chi connectivity index (χ4n) is 2.81. The second-order valence-corrected chi connectivity index (χ2v) is 6.27. The lowest BCUT2D eigenvalue weighted by molar-refractivity contribution is 0.0931. The number of carbonyl (C=O) groups excluding carboxylic acids is 1. The highest BCUT2D eigenvalue weighted by Crippen LogP contribution is 2.47. The van der Waals surface area contributed by atoms with Gasteiger partial charge in [-0.2, -0.15) is 0 Å². The Morgan fingerprint density at radius 1 is 1.27 bits per heavy atom. The summed E-state index contributed by atoms with van der Waals surface area (Å²) in [6.07, 6.45) is 1.09. The van der Waals surface area contributed by atoms with E-state index in [1.807, 2.05) is 30.3 Å². The third-order valence-electron chi connectivity index (χ3n) is 4.22. The van der Waals surface area contributed by atoms with Crippen molar-refractivity contribution < 1.29 is 9.18 Å². The van der Waals surface area contributed by atoms with E-state index in [1.165, 1.54) is 12.1 Å². The molecule has 1 fully saturated rings. The lowest BCUT2D eigenvalue weighted by Crippen LogP contribution is -2.30. The molecule has 0 spiro atoms. The molecule has 3 rings (SSSR count). The second kappa shape index (κ2) is 6.09. The smallest absolute Gasteiger partial charge is 0.253 e. The number of hydrogen-bond donors (Lipinski definition) is 1. The van der Waals surface area contributed by atoms with Crippen molar-refractivity contribution in [3.05, 3.63) is 70.5 Å². The maximum Gasteiger partial charge on any atom is 0.253 e. The van der Waals surface area contributed by atoms with Gasteiger partial charge in [-0.25, -0.2) is 4.39 Å².